The standard InChI is InChI=1S/C33H47N5O6/c1-5-6-16-29(39)38(21-24-17-19-25(20-18-24)27-14-10-11-15-28(27)31(34)36-37-35)30(22(2)3)32(40)42-23(4)43-33(41)44-26-12-8-7-9-13-26/h10-11,14-15,17-20,22-23,26,30,37H,5-9,12-13,16,21,35H2,1-4H3,(H2,34,36). The lowest BCUT2D eigenvalue weighted by atomic mass is 9.97. The van der Waals surface area contributed by atoms with Gasteiger partial charge in [-0.1, -0.05) is 82.1 Å². The Kier molecular flexibility index (Phi) is 13.5. The molecule has 5 N–H and O–H groups in total. The molecule has 3 rings (SSSR count). The Balaban J connectivity index is 1.77. The first kappa shape index (κ1) is 34.4. The second kappa shape index (κ2) is 17.2. The third kappa shape index (κ3) is 9.97. The summed E-state index contributed by atoms with van der Waals surface area (Å²) < 4.78 is 16.2. The van der Waals surface area contributed by atoms with Crippen molar-refractivity contribution in [2.75, 3.05) is 0 Å². The van der Waals surface area contributed by atoms with E-state index in [0.717, 1.165) is 60.8 Å². The van der Waals surface area contributed by atoms with Crippen molar-refractivity contribution in [3.05, 3.63) is 59.7 Å². The van der Waals surface area contributed by atoms with Crippen LogP contribution in [0.5, 0.6) is 0 Å². The molecule has 2 aromatic rings. The zero-order chi connectivity index (χ0) is 32.1. The van der Waals surface area contributed by atoms with Crippen molar-refractivity contribution in [3.8, 4) is 11.1 Å². The predicted octanol–water partition coefficient (Wildman–Crippen LogP) is 5.36. The monoisotopic (exact) mass is 609 g/mol. The number of amidine groups is 1. The molecule has 44 heavy (non-hydrogen) atoms. The highest BCUT2D eigenvalue weighted by atomic mass is 16.8. The van der Waals surface area contributed by atoms with Crippen LogP contribution in [0.4, 0.5) is 4.79 Å². The molecule has 1 aliphatic carbocycles. The molecule has 11 heteroatoms. The van der Waals surface area contributed by atoms with Crippen LogP contribution < -0.4 is 17.1 Å². The van der Waals surface area contributed by atoms with Crippen molar-refractivity contribution in [3.63, 3.8) is 0 Å². The van der Waals surface area contributed by atoms with Crippen molar-refractivity contribution in [2.24, 2.45) is 22.6 Å². The number of esters is 1. The van der Waals surface area contributed by atoms with Gasteiger partial charge in [0.15, 0.2) is 5.84 Å². The number of rotatable bonds is 14. The number of hydrogen-bond donors (Lipinski definition) is 3. The van der Waals surface area contributed by atoms with Gasteiger partial charge < -0.3 is 24.8 Å². The molecule has 0 saturated heterocycles. The number of carbonyl (C=O) groups is 3. The van der Waals surface area contributed by atoms with Gasteiger partial charge in [-0.3, -0.25) is 4.79 Å². The van der Waals surface area contributed by atoms with Crippen molar-refractivity contribution < 1.29 is 28.6 Å². The number of unbranched alkanes of at least 4 members (excludes halogenated alkanes) is 1. The third-order valence-corrected chi connectivity index (χ3v) is 7.64. The average Bonchev–Trinajstić information content (AvgIpc) is 3.00. The van der Waals surface area contributed by atoms with Gasteiger partial charge in [0.25, 0.3) is 0 Å². The first-order valence-corrected chi connectivity index (χ1v) is 15.5. The summed E-state index contributed by atoms with van der Waals surface area (Å²) >= 11 is 0. The van der Waals surface area contributed by atoms with Crippen molar-refractivity contribution in [1.29, 1.82) is 0 Å². The number of hydrazine groups is 1. The Morgan fingerprint density at radius 1 is 1.00 bits per heavy atom. The smallest absolute Gasteiger partial charge is 0.431 e. The van der Waals surface area contributed by atoms with E-state index in [2.05, 4.69) is 10.6 Å². The number of amides is 1. The summed E-state index contributed by atoms with van der Waals surface area (Å²) in [6, 6.07) is 14.4. The third-order valence-electron chi connectivity index (χ3n) is 7.64. The van der Waals surface area contributed by atoms with Crippen LogP contribution in [0.3, 0.4) is 0 Å². The van der Waals surface area contributed by atoms with Crippen LogP contribution in [-0.2, 0) is 30.3 Å². The zero-order valence-corrected chi connectivity index (χ0v) is 26.3. The zero-order valence-electron chi connectivity index (χ0n) is 26.3. The minimum atomic E-state index is -1.17. The van der Waals surface area contributed by atoms with Gasteiger partial charge in [-0.15, -0.1) is 5.10 Å². The summed E-state index contributed by atoms with van der Waals surface area (Å²) in [6.45, 7) is 7.39. The van der Waals surface area contributed by atoms with E-state index in [9.17, 15) is 14.4 Å². The number of hydrogen-bond acceptors (Lipinski definition) is 9. The average molecular weight is 610 g/mol. The molecular formula is C33H47N5O6. The largest absolute Gasteiger partial charge is 0.511 e. The van der Waals surface area contributed by atoms with Crippen LogP contribution in [0.25, 0.3) is 11.1 Å². The van der Waals surface area contributed by atoms with E-state index in [4.69, 9.17) is 25.8 Å². The molecule has 1 amide bonds. The normalized spacial score (nSPS) is 15.3. The number of hydrazone groups is 1. The van der Waals surface area contributed by atoms with Gasteiger partial charge in [-0.2, -0.15) is 0 Å². The minimum absolute atomic E-state index is 0.152. The summed E-state index contributed by atoms with van der Waals surface area (Å²) in [5.74, 6) is 4.50. The lowest BCUT2D eigenvalue weighted by Gasteiger charge is -2.33. The van der Waals surface area contributed by atoms with E-state index in [-0.39, 0.29) is 30.3 Å². The minimum Gasteiger partial charge on any atom is -0.431 e. The molecule has 2 atom stereocenters. The van der Waals surface area contributed by atoms with E-state index < -0.39 is 24.5 Å². The SMILES string of the molecule is CCCCC(=O)N(Cc1ccc(-c2ccccc2/C(N)=N/NN)cc1)C(C(=O)OC(C)OC(=O)OC1CCCCC1)C(C)C. The summed E-state index contributed by atoms with van der Waals surface area (Å²) in [6.07, 6.45) is 4.36. The molecule has 2 aromatic carbocycles. The van der Waals surface area contributed by atoms with Gasteiger partial charge in [-0.05, 0) is 54.7 Å². The number of carbonyl (C=O) groups excluding carboxylic acids is 3. The molecule has 0 bridgehead atoms. The summed E-state index contributed by atoms with van der Waals surface area (Å²) in [7, 11) is 0. The van der Waals surface area contributed by atoms with E-state index in [1.807, 2.05) is 69.3 Å². The van der Waals surface area contributed by atoms with Crippen molar-refractivity contribution in [2.45, 2.75) is 104 Å². The Labute approximate surface area is 260 Å². The van der Waals surface area contributed by atoms with Gasteiger partial charge in [-0.25, -0.2) is 21.0 Å². The predicted molar refractivity (Wildman–Crippen MR) is 169 cm³/mol. The highest BCUT2D eigenvalue weighted by Gasteiger charge is 2.35. The Morgan fingerprint density at radius 2 is 1.68 bits per heavy atom. The molecular weight excluding hydrogens is 562 g/mol. The van der Waals surface area contributed by atoms with Crippen LogP contribution in [0, 0.1) is 5.92 Å². The van der Waals surface area contributed by atoms with Gasteiger partial charge in [0.05, 0.1) is 0 Å². The van der Waals surface area contributed by atoms with Crippen molar-refractivity contribution >= 4 is 23.9 Å². The number of nitrogens with zero attached hydrogens (tertiary/aromatic N) is 2. The van der Waals surface area contributed by atoms with Crippen LogP contribution in [0.1, 0.15) is 90.2 Å². The number of nitrogens with two attached hydrogens (primary N) is 2. The Morgan fingerprint density at radius 3 is 2.32 bits per heavy atom. The summed E-state index contributed by atoms with van der Waals surface area (Å²) in [4.78, 5) is 40.8. The van der Waals surface area contributed by atoms with Gasteiger partial charge in [0.1, 0.15) is 12.1 Å². The Bertz CT molecular complexity index is 1260. The molecule has 0 radical (unpaired) electrons. The van der Waals surface area contributed by atoms with E-state index in [1.165, 1.54) is 6.92 Å². The molecule has 0 aromatic heterocycles. The lowest BCUT2D eigenvalue weighted by molar-refractivity contribution is -0.179. The van der Waals surface area contributed by atoms with Crippen LogP contribution in [0.15, 0.2) is 53.6 Å². The number of ether oxygens (including phenoxy) is 3. The molecule has 1 aliphatic rings. The first-order valence-electron chi connectivity index (χ1n) is 15.5. The maximum atomic E-state index is 13.5. The Hall–Kier alpha value is -4.12. The second-order valence-electron chi connectivity index (χ2n) is 11.4. The molecule has 1 saturated carbocycles. The van der Waals surface area contributed by atoms with E-state index >= 15 is 0 Å². The van der Waals surface area contributed by atoms with Gasteiger partial charge in [0, 0.05) is 25.5 Å². The molecule has 2 unspecified atom stereocenters. The fraction of sp³-hybridized carbons (Fsp3) is 0.515. The van der Waals surface area contributed by atoms with E-state index in [1.54, 1.807) is 4.90 Å². The fourth-order valence-electron chi connectivity index (χ4n) is 5.39. The summed E-state index contributed by atoms with van der Waals surface area (Å²) in [5.41, 5.74) is 11.6. The van der Waals surface area contributed by atoms with E-state index in [0.29, 0.717) is 12.8 Å². The van der Waals surface area contributed by atoms with Crippen LogP contribution in [0.2, 0.25) is 0 Å². The quantitative estimate of drug-likeness (QED) is 0.0640. The topological polar surface area (TPSA) is 159 Å². The number of nitrogens with one attached hydrogen (secondary N) is 1. The molecule has 0 aliphatic heterocycles. The fourth-order valence-corrected chi connectivity index (χ4v) is 5.39. The van der Waals surface area contributed by atoms with Gasteiger partial charge in [0.2, 0.25) is 12.2 Å². The highest BCUT2D eigenvalue weighted by Crippen LogP contribution is 2.26. The highest BCUT2D eigenvalue weighted by molar-refractivity contribution is 6.03. The summed E-state index contributed by atoms with van der Waals surface area (Å²) in [5, 5.41) is 3.90. The van der Waals surface area contributed by atoms with Crippen molar-refractivity contribution in [1.82, 2.24) is 10.4 Å². The van der Waals surface area contributed by atoms with Crippen LogP contribution >= 0.6 is 0 Å². The van der Waals surface area contributed by atoms with Crippen LogP contribution in [-0.4, -0.2) is 47.2 Å². The molecule has 0 spiro atoms. The molecule has 1 fully saturated rings. The second-order valence-corrected chi connectivity index (χ2v) is 11.4. The first-order chi connectivity index (χ1) is 21.1. The maximum Gasteiger partial charge on any atom is 0.511 e. The maximum absolute atomic E-state index is 13.5. The van der Waals surface area contributed by atoms with Gasteiger partial charge >= 0.3 is 12.1 Å². The lowest BCUT2D eigenvalue weighted by Crippen LogP contribution is -2.49. The molecule has 240 valence electrons. The molecule has 0 heterocycles. The number of benzene rings is 2. The molecule has 11 nitrogen and oxygen atoms in total.